The number of hydrogen-bond donors (Lipinski definition) is 2. The molecule has 0 aromatic heterocycles. The number of benzene rings is 3. The minimum absolute atomic E-state index is 0.137. The lowest BCUT2D eigenvalue weighted by atomic mass is 10.0. The second-order valence-corrected chi connectivity index (χ2v) is 9.65. The molecule has 6 heteroatoms. The summed E-state index contributed by atoms with van der Waals surface area (Å²) in [5, 5.41) is 11.8. The molecule has 35 heavy (non-hydrogen) atoms. The van der Waals surface area contributed by atoms with Gasteiger partial charge in [-0.25, -0.2) is 0 Å². The van der Waals surface area contributed by atoms with E-state index in [1.807, 2.05) is 44.2 Å². The molecule has 3 rings (SSSR count). The second-order valence-electron chi connectivity index (χ2n) is 8.51. The molecular formula is C29H33NO4S. The van der Waals surface area contributed by atoms with E-state index in [-0.39, 0.29) is 12.3 Å². The maximum atomic E-state index is 13.1. The Hall–Kier alpha value is -3.25. The molecule has 184 valence electrons. The molecule has 2 N–H and O–H groups in total. The number of rotatable bonds is 12. The van der Waals surface area contributed by atoms with E-state index in [0.29, 0.717) is 24.3 Å². The largest absolute Gasteiger partial charge is 0.489 e. The highest BCUT2D eigenvalue weighted by atomic mass is 32.2. The van der Waals surface area contributed by atoms with Gasteiger partial charge in [0.2, 0.25) is 0 Å². The van der Waals surface area contributed by atoms with Crippen LogP contribution in [0, 0.1) is 13.8 Å². The van der Waals surface area contributed by atoms with Gasteiger partial charge in [0.1, 0.15) is 12.4 Å². The number of thioether (sulfide) groups is 1. The van der Waals surface area contributed by atoms with Crippen LogP contribution in [0.25, 0.3) is 0 Å². The topological polar surface area (TPSA) is 75.6 Å². The van der Waals surface area contributed by atoms with Crippen LogP contribution >= 0.6 is 11.8 Å². The zero-order valence-corrected chi connectivity index (χ0v) is 21.4. The van der Waals surface area contributed by atoms with E-state index < -0.39 is 5.97 Å². The molecule has 0 fully saturated rings. The van der Waals surface area contributed by atoms with Gasteiger partial charge in [0.05, 0.1) is 5.69 Å². The van der Waals surface area contributed by atoms with E-state index in [1.54, 1.807) is 17.8 Å². The molecule has 3 aromatic carbocycles. The van der Waals surface area contributed by atoms with Gasteiger partial charge >= 0.3 is 5.97 Å². The smallest absolute Gasteiger partial charge is 0.303 e. The summed E-state index contributed by atoms with van der Waals surface area (Å²) in [5.41, 5.74) is 5.59. The van der Waals surface area contributed by atoms with Gasteiger partial charge in [-0.3, -0.25) is 9.59 Å². The quantitative estimate of drug-likeness (QED) is 0.210. The highest BCUT2D eigenvalue weighted by Gasteiger charge is 2.15. The Morgan fingerprint density at radius 2 is 1.66 bits per heavy atom. The summed E-state index contributed by atoms with van der Waals surface area (Å²) in [6, 6.07) is 19.8. The zero-order valence-electron chi connectivity index (χ0n) is 20.6. The minimum atomic E-state index is -0.796. The Bertz CT molecular complexity index is 1160. The number of nitrogens with one attached hydrogen (secondary N) is 1. The van der Waals surface area contributed by atoms with Crippen LogP contribution in [0.3, 0.4) is 0 Å². The number of carboxylic acids is 1. The lowest BCUT2D eigenvalue weighted by Crippen LogP contribution is -2.15. The first-order valence-electron chi connectivity index (χ1n) is 11.9. The first-order valence-corrected chi connectivity index (χ1v) is 12.9. The van der Waals surface area contributed by atoms with Crippen LogP contribution in [-0.2, 0) is 17.8 Å². The molecule has 1 amide bonds. The Morgan fingerprint density at radius 3 is 2.37 bits per heavy atom. The molecule has 0 heterocycles. The number of carbonyl (C=O) groups excluding carboxylic acids is 1. The van der Waals surface area contributed by atoms with Gasteiger partial charge in [-0.05, 0) is 79.0 Å². The summed E-state index contributed by atoms with van der Waals surface area (Å²) >= 11 is 1.55. The lowest BCUT2D eigenvalue weighted by molar-refractivity contribution is -0.137. The fourth-order valence-electron chi connectivity index (χ4n) is 3.74. The fraction of sp³-hybridized carbons (Fsp3) is 0.310. The van der Waals surface area contributed by atoms with E-state index in [2.05, 4.69) is 36.5 Å². The van der Waals surface area contributed by atoms with Crippen molar-refractivity contribution in [3.05, 3.63) is 88.5 Å². The number of amides is 1. The van der Waals surface area contributed by atoms with Gasteiger partial charge in [-0.1, -0.05) is 49.7 Å². The Kier molecular flexibility index (Phi) is 9.79. The van der Waals surface area contributed by atoms with Crippen molar-refractivity contribution < 1.29 is 19.4 Å². The molecule has 0 aliphatic carbocycles. The van der Waals surface area contributed by atoms with Crippen LogP contribution in [-0.4, -0.2) is 22.7 Å². The summed E-state index contributed by atoms with van der Waals surface area (Å²) < 4.78 is 6.07. The molecule has 0 aliphatic heterocycles. The lowest BCUT2D eigenvalue weighted by Gasteiger charge is -2.16. The normalized spacial score (nSPS) is 10.7. The SMILES string of the molecule is CCCc1ccc(COc2ccc(C(=O)Nc3ccccc3SCCCC(=O)O)c(C)c2C)cc1. The summed E-state index contributed by atoms with van der Waals surface area (Å²) in [4.78, 5) is 24.8. The van der Waals surface area contributed by atoms with Gasteiger partial charge in [0.15, 0.2) is 0 Å². The van der Waals surface area contributed by atoms with E-state index in [4.69, 9.17) is 9.84 Å². The number of ether oxygens (including phenoxy) is 1. The van der Waals surface area contributed by atoms with E-state index in [0.717, 1.165) is 45.9 Å². The third-order valence-electron chi connectivity index (χ3n) is 5.87. The number of para-hydroxylation sites is 1. The molecule has 0 aliphatic rings. The maximum absolute atomic E-state index is 13.1. The average Bonchev–Trinajstić information content (AvgIpc) is 2.84. The van der Waals surface area contributed by atoms with Crippen molar-refractivity contribution in [2.75, 3.05) is 11.1 Å². The molecule has 0 radical (unpaired) electrons. The van der Waals surface area contributed by atoms with Gasteiger partial charge in [0.25, 0.3) is 5.91 Å². The number of hydrogen-bond acceptors (Lipinski definition) is 4. The van der Waals surface area contributed by atoms with E-state index in [9.17, 15) is 9.59 Å². The first kappa shape index (κ1) is 26.4. The molecule has 0 bridgehead atoms. The molecule has 0 atom stereocenters. The number of aliphatic carboxylic acids is 1. The van der Waals surface area contributed by atoms with Crippen molar-refractivity contribution >= 4 is 29.3 Å². The van der Waals surface area contributed by atoms with Gasteiger partial charge < -0.3 is 15.2 Å². The van der Waals surface area contributed by atoms with Crippen LogP contribution in [0.2, 0.25) is 0 Å². The highest BCUT2D eigenvalue weighted by Crippen LogP contribution is 2.30. The Balaban J connectivity index is 1.65. The fourth-order valence-corrected chi connectivity index (χ4v) is 4.70. The van der Waals surface area contributed by atoms with Crippen LogP contribution in [0.4, 0.5) is 5.69 Å². The average molecular weight is 492 g/mol. The van der Waals surface area contributed by atoms with E-state index in [1.165, 1.54) is 5.56 Å². The van der Waals surface area contributed by atoms with Crippen molar-refractivity contribution in [3.63, 3.8) is 0 Å². The molecule has 0 unspecified atom stereocenters. The van der Waals surface area contributed by atoms with E-state index >= 15 is 0 Å². The maximum Gasteiger partial charge on any atom is 0.303 e. The summed E-state index contributed by atoms with van der Waals surface area (Å²) in [6.07, 6.45) is 2.92. The predicted octanol–water partition coefficient (Wildman–Crippen LogP) is 7.04. The van der Waals surface area contributed by atoms with Gasteiger partial charge in [-0.15, -0.1) is 11.8 Å². The van der Waals surface area contributed by atoms with Crippen molar-refractivity contribution in [1.29, 1.82) is 0 Å². The van der Waals surface area contributed by atoms with Crippen LogP contribution in [0.1, 0.15) is 58.8 Å². The van der Waals surface area contributed by atoms with Crippen molar-refractivity contribution in [2.24, 2.45) is 0 Å². The molecule has 3 aromatic rings. The monoisotopic (exact) mass is 491 g/mol. The second kappa shape index (κ2) is 13.0. The summed E-state index contributed by atoms with van der Waals surface area (Å²) in [7, 11) is 0. The number of carboxylic acid groups (broad SMARTS) is 1. The predicted molar refractivity (Wildman–Crippen MR) is 143 cm³/mol. The van der Waals surface area contributed by atoms with Crippen LogP contribution in [0.15, 0.2) is 65.6 Å². The summed E-state index contributed by atoms with van der Waals surface area (Å²) in [5.74, 6) is 0.466. The van der Waals surface area contributed by atoms with Crippen LogP contribution in [0.5, 0.6) is 5.75 Å². The van der Waals surface area contributed by atoms with Crippen molar-refractivity contribution in [3.8, 4) is 5.75 Å². The molecule has 0 saturated carbocycles. The van der Waals surface area contributed by atoms with Gasteiger partial charge in [-0.2, -0.15) is 0 Å². The van der Waals surface area contributed by atoms with Gasteiger partial charge in [0, 0.05) is 16.9 Å². The third kappa shape index (κ3) is 7.62. The van der Waals surface area contributed by atoms with Crippen molar-refractivity contribution in [1.82, 2.24) is 0 Å². The van der Waals surface area contributed by atoms with Crippen molar-refractivity contribution in [2.45, 2.75) is 58.0 Å². The highest BCUT2D eigenvalue weighted by molar-refractivity contribution is 7.99. The Labute approximate surface area is 211 Å². The zero-order chi connectivity index (χ0) is 25.2. The number of aryl methyl sites for hydroxylation is 1. The summed E-state index contributed by atoms with van der Waals surface area (Å²) in [6.45, 7) is 6.56. The standard InChI is InChI=1S/C29H33NO4S/c1-4-8-22-12-14-23(15-13-22)19-34-26-17-16-24(20(2)21(26)3)29(33)30-25-9-5-6-10-27(25)35-18-7-11-28(31)32/h5-6,9-10,12-17H,4,7-8,11,18-19H2,1-3H3,(H,30,33)(H,31,32). The Morgan fingerprint density at radius 1 is 0.943 bits per heavy atom. The third-order valence-corrected chi connectivity index (χ3v) is 7.03. The molecule has 0 saturated heterocycles. The molecule has 0 spiro atoms. The molecular weight excluding hydrogens is 458 g/mol. The minimum Gasteiger partial charge on any atom is -0.489 e. The first-order chi connectivity index (χ1) is 16.9. The number of anilines is 1. The number of carbonyl (C=O) groups is 2. The van der Waals surface area contributed by atoms with Crippen LogP contribution < -0.4 is 10.1 Å². The molecule has 5 nitrogen and oxygen atoms in total.